The highest BCUT2D eigenvalue weighted by atomic mass is 16.6. The highest BCUT2D eigenvalue weighted by Crippen LogP contribution is 2.35. The Labute approximate surface area is 122 Å². The summed E-state index contributed by atoms with van der Waals surface area (Å²) in [4.78, 5) is 12.4. The molecule has 0 saturated heterocycles. The molecule has 1 unspecified atom stereocenters. The molecular formula is C13H21N3O5. The van der Waals surface area contributed by atoms with Gasteiger partial charge in [0.15, 0.2) is 0 Å². The molecule has 0 amide bonds. The summed E-state index contributed by atoms with van der Waals surface area (Å²) < 4.78 is 0. The van der Waals surface area contributed by atoms with Gasteiger partial charge in [-0.1, -0.05) is 0 Å². The number of nitrogens with two attached hydrogens (primary N) is 1. The molecular weight excluding hydrogens is 278 g/mol. The van der Waals surface area contributed by atoms with E-state index < -0.39 is 17.6 Å². The maximum atomic E-state index is 11.2. The van der Waals surface area contributed by atoms with E-state index in [-0.39, 0.29) is 30.0 Å². The van der Waals surface area contributed by atoms with Crippen LogP contribution >= 0.6 is 0 Å². The van der Waals surface area contributed by atoms with Crippen molar-refractivity contribution in [2.45, 2.75) is 19.4 Å². The molecule has 0 aliphatic heterocycles. The molecule has 0 saturated carbocycles. The van der Waals surface area contributed by atoms with Gasteiger partial charge in [-0.25, -0.2) is 0 Å². The zero-order valence-electron chi connectivity index (χ0n) is 11.9. The van der Waals surface area contributed by atoms with Crippen LogP contribution in [0.2, 0.25) is 0 Å². The fourth-order valence-electron chi connectivity index (χ4n) is 2.19. The van der Waals surface area contributed by atoms with Gasteiger partial charge in [-0.05, 0) is 19.1 Å². The van der Waals surface area contributed by atoms with Crippen molar-refractivity contribution in [2.24, 2.45) is 0 Å². The van der Waals surface area contributed by atoms with E-state index in [1.54, 1.807) is 11.0 Å². The Bertz CT molecular complexity index is 495. The fraction of sp³-hybridized carbons (Fsp3) is 0.538. The van der Waals surface area contributed by atoms with Crippen LogP contribution in [0, 0.1) is 10.1 Å². The largest absolute Gasteiger partial charge is 0.395 e. The molecule has 21 heavy (non-hydrogen) atoms. The zero-order valence-corrected chi connectivity index (χ0v) is 11.9. The van der Waals surface area contributed by atoms with Crippen LogP contribution in [-0.4, -0.2) is 52.7 Å². The number of benzene rings is 1. The van der Waals surface area contributed by atoms with E-state index >= 15 is 0 Å². The zero-order chi connectivity index (χ0) is 16.0. The third kappa shape index (κ3) is 4.03. The van der Waals surface area contributed by atoms with Gasteiger partial charge in [-0.3, -0.25) is 10.1 Å². The summed E-state index contributed by atoms with van der Waals surface area (Å²) >= 11 is 0. The van der Waals surface area contributed by atoms with Crippen molar-refractivity contribution in [1.82, 2.24) is 0 Å². The smallest absolute Gasteiger partial charge is 0.297 e. The van der Waals surface area contributed by atoms with E-state index in [2.05, 4.69) is 0 Å². The van der Waals surface area contributed by atoms with Crippen LogP contribution in [0.1, 0.15) is 12.5 Å². The van der Waals surface area contributed by atoms with Crippen LogP contribution in [0.25, 0.3) is 0 Å². The summed E-state index contributed by atoms with van der Waals surface area (Å²) in [6.45, 7) is 2.14. The third-order valence-electron chi connectivity index (χ3n) is 3.22. The number of nitro benzene ring substituents is 1. The molecule has 0 radical (unpaired) electrons. The molecule has 118 valence electrons. The van der Waals surface area contributed by atoms with Crippen LogP contribution < -0.4 is 10.6 Å². The minimum absolute atomic E-state index is 0.00191. The van der Waals surface area contributed by atoms with Crippen LogP contribution in [0.15, 0.2) is 12.1 Å². The summed E-state index contributed by atoms with van der Waals surface area (Å²) in [7, 11) is 0. The lowest BCUT2D eigenvalue weighted by molar-refractivity contribution is -0.384. The van der Waals surface area contributed by atoms with Crippen molar-refractivity contribution >= 4 is 17.1 Å². The van der Waals surface area contributed by atoms with Gasteiger partial charge in [0.05, 0.1) is 29.9 Å². The fourth-order valence-corrected chi connectivity index (χ4v) is 2.19. The number of nitrogen functional groups attached to an aromatic ring is 1. The second-order valence-corrected chi connectivity index (χ2v) is 4.61. The number of aliphatic hydroxyl groups excluding tert-OH is 3. The first kappa shape index (κ1) is 17.2. The average molecular weight is 299 g/mol. The highest BCUT2D eigenvalue weighted by Gasteiger charge is 2.24. The van der Waals surface area contributed by atoms with Gasteiger partial charge in [-0.15, -0.1) is 0 Å². The van der Waals surface area contributed by atoms with E-state index in [9.17, 15) is 15.2 Å². The Morgan fingerprint density at radius 2 is 2.10 bits per heavy atom. The molecule has 1 aromatic carbocycles. The van der Waals surface area contributed by atoms with Crippen molar-refractivity contribution in [1.29, 1.82) is 0 Å². The van der Waals surface area contributed by atoms with Crippen LogP contribution in [0.5, 0.6) is 0 Å². The molecule has 1 atom stereocenters. The van der Waals surface area contributed by atoms with Crippen molar-refractivity contribution in [2.75, 3.05) is 36.9 Å². The van der Waals surface area contributed by atoms with Gasteiger partial charge >= 0.3 is 0 Å². The Balaban J connectivity index is 3.27. The number of hydrogen-bond acceptors (Lipinski definition) is 7. The van der Waals surface area contributed by atoms with Crippen molar-refractivity contribution in [3.8, 4) is 0 Å². The van der Waals surface area contributed by atoms with Gasteiger partial charge in [0.1, 0.15) is 5.69 Å². The first-order chi connectivity index (χ1) is 9.96. The summed E-state index contributed by atoms with van der Waals surface area (Å²) in [5, 5.41) is 38.6. The third-order valence-corrected chi connectivity index (χ3v) is 3.22. The lowest BCUT2D eigenvalue weighted by Gasteiger charge is -2.24. The predicted octanol–water partition coefficient (Wildman–Crippen LogP) is -0.109. The van der Waals surface area contributed by atoms with Crippen LogP contribution in [0.4, 0.5) is 17.1 Å². The second-order valence-electron chi connectivity index (χ2n) is 4.61. The molecule has 8 heteroatoms. The maximum Gasteiger partial charge on any atom is 0.297 e. The Kier molecular flexibility index (Phi) is 6.35. The molecule has 1 rings (SSSR count). The van der Waals surface area contributed by atoms with Crippen LogP contribution in [-0.2, 0) is 6.42 Å². The first-order valence-corrected chi connectivity index (χ1v) is 6.66. The maximum absolute atomic E-state index is 11.2. The quantitative estimate of drug-likeness (QED) is 0.299. The van der Waals surface area contributed by atoms with E-state index in [4.69, 9.17) is 15.9 Å². The summed E-state index contributed by atoms with van der Waals surface area (Å²) in [5.41, 5.74) is 6.37. The van der Waals surface area contributed by atoms with Gasteiger partial charge in [-0.2, -0.15) is 0 Å². The summed E-state index contributed by atoms with van der Waals surface area (Å²) in [6.07, 6.45) is -1.13. The Morgan fingerprint density at radius 3 is 2.57 bits per heavy atom. The number of nitro groups is 1. The molecule has 8 nitrogen and oxygen atoms in total. The normalized spacial score (nSPS) is 12.2. The monoisotopic (exact) mass is 299 g/mol. The van der Waals surface area contributed by atoms with Gasteiger partial charge < -0.3 is 26.0 Å². The Morgan fingerprint density at radius 1 is 1.43 bits per heavy atom. The molecule has 0 aliphatic rings. The number of hydrogen-bond donors (Lipinski definition) is 4. The van der Waals surface area contributed by atoms with Crippen molar-refractivity contribution in [3.63, 3.8) is 0 Å². The average Bonchev–Trinajstić information content (AvgIpc) is 2.45. The molecule has 1 aromatic rings. The summed E-state index contributed by atoms with van der Waals surface area (Å²) in [5.74, 6) is 0. The molecule has 0 heterocycles. The SMILES string of the molecule is CCN(CCO)c1ccc(CC(O)CO)c([N+](=O)[O-])c1N. The summed E-state index contributed by atoms with van der Waals surface area (Å²) in [6, 6.07) is 3.14. The topological polar surface area (TPSA) is 133 Å². The molecule has 5 N–H and O–H groups in total. The molecule has 0 bridgehead atoms. The van der Waals surface area contributed by atoms with Gasteiger partial charge in [0.2, 0.25) is 0 Å². The number of rotatable bonds is 8. The van der Waals surface area contributed by atoms with Crippen molar-refractivity contribution < 1.29 is 20.2 Å². The second kappa shape index (κ2) is 7.77. The lowest BCUT2D eigenvalue weighted by Crippen LogP contribution is -2.27. The molecule has 0 fully saturated rings. The van der Waals surface area contributed by atoms with E-state index in [0.717, 1.165) is 0 Å². The number of nitrogens with zero attached hydrogens (tertiary/aromatic N) is 2. The van der Waals surface area contributed by atoms with E-state index in [1.165, 1.54) is 6.07 Å². The van der Waals surface area contributed by atoms with Gasteiger partial charge in [0.25, 0.3) is 5.69 Å². The minimum Gasteiger partial charge on any atom is -0.395 e. The minimum atomic E-state index is -1.08. The van der Waals surface area contributed by atoms with Gasteiger partial charge in [0, 0.05) is 25.1 Å². The standard InChI is InChI=1S/C13H21N3O5/c1-2-15(5-6-17)11-4-3-9(7-10(19)8-18)13(12(11)14)16(20)21/h3-4,10,17-19H,2,5-8,14H2,1H3. The molecule has 0 aliphatic carbocycles. The predicted molar refractivity (Wildman–Crippen MR) is 79.3 cm³/mol. The molecule has 0 spiro atoms. The van der Waals surface area contributed by atoms with E-state index in [1.807, 2.05) is 6.92 Å². The Hall–Kier alpha value is -1.90. The number of likely N-dealkylation sites (N-methyl/N-ethyl adjacent to an activating group) is 1. The van der Waals surface area contributed by atoms with Crippen molar-refractivity contribution in [3.05, 3.63) is 27.8 Å². The molecule has 0 aromatic heterocycles. The number of anilines is 2. The highest BCUT2D eigenvalue weighted by molar-refractivity contribution is 5.79. The van der Waals surface area contributed by atoms with E-state index in [0.29, 0.717) is 18.8 Å². The number of aliphatic hydroxyl groups is 3. The first-order valence-electron chi connectivity index (χ1n) is 6.66. The lowest BCUT2D eigenvalue weighted by atomic mass is 10.0. The van der Waals surface area contributed by atoms with Crippen LogP contribution in [0.3, 0.4) is 0 Å².